The van der Waals surface area contributed by atoms with Crippen LogP contribution in [-0.4, -0.2) is 40.7 Å². The van der Waals surface area contributed by atoms with Gasteiger partial charge in [-0.3, -0.25) is 4.90 Å². The largest absolute Gasteiger partial charge is 0.338 e. The van der Waals surface area contributed by atoms with E-state index in [1.54, 1.807) is 11.3 Å². The first-order valence-corrected chi connectivity index (χ1v) is 7.06. The van der Waals surface area contributed by atoms with E-state index < -0.39 is 0 Å². The highest BCUT2D eigenvalue weighted by Gasteiger charge is 2.18. The quantitative estimate of drug-likeness (QED) is 0.912. The van der Waals surface area contributed by atoms with Crippen LogP contribution in [0.15, 0.2) is 21.3 Å². The summed E-state index contributed by atoms with van der Waals surface area (Å²) in [6.45, 7) is 6.00. The average molecular weight is 264 g/mol. The summed E-state index contributed by atoms with van der Waals surface area (Å²) in [6.07, 6.45) is 0. The van der Waals surface area contributed by atoms with Crippen LogP contribution < -0.4 is 5.32 Å². The summed E-state index contributed by atoms with van der Waals surface area (Å²) in [5.74, 6) is 1.39. The van der Waals surface area contributed by atoms with Crippen LogP contribution in [0.25, 0.3) is 11.4 Å². The Balaban J connectivity index is 1.66. The summed E-state index contributed by atoms with van der Waals surface area (Å²) in [5, 5.41) is 11.5. The molecule has 1 aliphatic heterocycles. The van der Waals surface area contributed by atoms with Gasteiger partial charge in [-0.15, -0.1) is 0 Å². The molecule has 18 heavy (non-hydrogen) atoms. The van der Waals surface area contributed by atoms with Crippen molar-refractivity contribution >= 4 is 11.3 Å². The molecule has 0 amide bonds. The molecule has 1 fully saturated rings. The summed E-state index contributed by atoms with van der Waals surface area (Å²) in [7, 11) is 0. The number of thiophene rings is 1. The second-order valence-electron chi connectivity index (χ2n) is 4.61. The van der Waals surface area contributed by atoms with E-state index in [9.17, 15) is 0 Å². The lowest BCUT2D eigenvalue weighted by molar-refractivity contribution is 0.177. The fraction of sp³-hybridized carbons (Fsp3) is 0.500. The molecule has 96 valence electrons. The van der Waals surface area contributed by atoms with Crippen molar-refractivity contribution in [2.75, 3.05) is 19.6 Å². The van der Waals surface area contributed by atoms with Gasteiger partial charge in [-0.05, 0) is 18.4 Å². The van der Waals surface area contributed by atoms with Gasteiger partial charge in [-0.2, -0.15) is 16.3 Å². The summed E-state index contributed by atoms with van der Waals surface area (Å²) >= 11 is 1.64. The highest BCUT2D eigenvalue weighted by Crippen LogP contribution is 2.19. The van der Waals surface area contributed by atoms with Gasteiger partial charge in [0.25, 0.3) is 0 Å². The number of nitrogens with one attached hydrogen (secondary N) is 1. The second-order valence-corrected chi connectivity index (χ2v) is 5.39. The third kappa shape index (κ3) is 2.60. The first kappa shape index (κ1) is 11.8. The molecular weight excluding hydrogens is 248 g/mol. The molecule has 0 radical (unpaired) electrons. The molecule has 0 aliphatic carbocycles. The zero-order chi connectivity index (χ0) is 12.4. The number of hydrogen-bond acceptors (Lipinski definition) is 6. The lowest BCUT2D eigenvalue weighted by atomic mass is 10.2. The van der Waals surface area contributed by atoms with Crippen LogP contribution in [0.4, 0.5) is 0 Å². The van der Waals surface area contributed by atoms with Gasteiger partial charge in [-0.25, -0.2) is 0 Å². The SMILES string of the molecule is C[C@@H]1CN(Cc2nc(-c3ccsc3)no2)CCN1. The zero-order valence-electron chi connectivity index (χ0n) is 10.3. The first-order chi connectivity index (χ1) is 8.81. The molecule has 0 unspecified atom stereocenters. The van der Waals surface area contributed by atoms with Crippen LogP contribution in [0, 0.1) is 0 Å². The normalized spacial score (nSPS) is 21.3. The number of piperazine rings is 1. The van der Waals surface area contributed by atoms with E-state index in [1.807, 2.05) is 16.8 Å². The van der Waals surface area contributed by atoms with E-state index in [0.717, 1.165) is 31.7 Å². The maximum Gasteiger partial charge on any atom is 0.241 e. The molecule has 0 spiro atoms. The summed E-state index contributed by atoms with van der Waals surface area (Å²) < 4.78 is 5.31. The van der Waals surface area contributed by atoms with E-state index in [-0.39, 0.29) is 0 Å². The van der Waals surface area contributed by atoms with Crippen LogP contribution in [0.5, 0.6) is 0 Å². The smallest absolute Gasteiger partial charge is 0.241 e. The maximum atomic E-state index is 5.31. The lowest BCUT2D eigenvalue weighted by Gasteiger charge is -2.30. The fourth-order valence-electron chi connectivity index (χ4n) is 2.18. The monoisotopic (exact) mass is 264 g/mol. The minimum absolute atomic E-state index is 0.526. The van der Waals surface area contributed by atoms with Crippen molar-refractivity contribution in [1.82, 2.24) is 20.4 Å². The predicted octanol–water partition coefficient (Wildman–Crippen LogP) is 1.59. The third-order valence-electron chi connectivity index (χ3n) is 3.06. The molecule has 3 rings (SSSR count). The van der Waals surface area contributed by atoms with Gasteiger partial charge in [0.1, 0.15) is 0 Å². The number of nitrogens with zero attached hydrogens (tertiary/aromatic N) is 3. The molecular formula is C12H16N4OS. The minimum Gasteiger partial charge on any atom is -0.338 e. The molecule has 2 aromatic rings. The van der Waals surface area contributed by atoms with Crippen molar-refractivity contribution in [3.05, 3.63) is 22.7 Å². The van der Waals surface area contributed by atoms with E-state index in [4.69, 9.17) is 4.52 Å². The molecule has 1 N–H and O–H groups in total. The van der Waals surface area contributed by atoms with Gasteiger partial charge in [0, 0.05) is 36.6 Å². The Bertz CT molecular complexity index is 496. The lowest BCUT2D eigenvalue weighted by Crippen LogP contribution is -2.48. The first-order valence-electron chi connectivity index (χ1n) is 6.12. The molecule has 0 saturated carbocycles. The Hall–Kier alpha value is -1.24. The van der Waals surface area contributed by atoms with Crippen molar-refractivity contribution in [3.8, 4) is 11.4 Å². The van der Waals surface area contributed by atoms with Gasteiger partial charge in [0.2, 0.25) is 11.7 Å². The maximum absolute atomic E-state index is 5.31. The van der Waals surface area contributed by atoms with Crippen molar-refractivity contribution in [2.45, 2.75) is 19.5 Å². The molecule has 5 nitrogen and oxygen atoms in total. The second kappa shape index (κ2) is 5.17. The van der Waals surface area contributed by atoms with E-state index in [1.165, 1.54) is 0 Å². The Labute approximate surface area is 110 Å². The van der Waals surface area contributed by atoms with Crippen molar-refractivity contribution in [2.24, 2.45) is 0 Å². The zero-order valence-corrected chi connectivity index (χ0v) is 11.1. The van der Waals surface area contributed by atoms with E-state index >= 15 is 0 Å². The molecule has 1 saturated heterocycles. The Kier molecular flexibility index (Phi) is 3.40. The number of rotatable bonds is 3. The molecule has 0 bridgehead atoms. The minimum atomic E-state index is 0.526. The van der Waals surface area contributed by atoms with Crippen LogP contribution in [0.3, 0.4) is 0 Å². The summed E-state index contributed by atoms with van der Waals surface area (Å²) in [4.78, 5) is 6.78. The highest BCUT2D eigenvalue weighted by molar-refractivity contribution is 7.08. The van der Waals surface area contributed by atoms with Gasteiger partial charge < -0.3 is 9.84 Å². The van der Waals surface area contributed by atoms with Crippen molar-refractivity contribution in [3.63, 3.8) is 0 Å². The Morgan fingerprint density at radius 2 is 2.56 bits per heavy atom. The average Bonchev–Trinajstić information content (AvgIpc) is 2.98. The third-order valence-corrected chi connectivity index (χ3v) is 3.74. The number of hydrogen-bond donors (Lipinski definition) is 1. The molecule has 1 aliphatic rings. The Morgan fingerprint density at radius 1 is 1.61 bits per heavy atom. The summed E-state index contributed by atoms with van der Waals surface area (Å²) in [5.41, 5.74) is 1.03. The van der Waals surface area contributed by atoms with Gasteiger partial charge in [0.15, 0.2) is 0 Å². The van der Waals surface area contributed by atoms with E-state index in [2.05, 4.69) is 27.3 Å². The van der Waals surface area contributed by atoms with Crippen LogP contribution in [-0.2, 0) is 6.54 Å². The number of aromatic nitrogens is 2. The van der Waals surface area contributed by atoms with E-state index in [0.29, 0.717) is 17.8 Å². The predicted molar refractivity (Wildman–Crippen MR) is 70.4 cm³/mol. The summed E-state index contributed by atoms with van der Waals surface area (Å²) in [6, 6.07) is 2.53. The van der Waals surface area contributed by atoms with Gasteiger partial charge >= 0.3 is 0 Å². The highest BCUT2D eigenvalue weighted by atomic mass is 32.1. The van der Waals surface area contributed by atoms with Gasteiger partial charge in [-0.1, -0.05) is 5.16 Å². The molecule has 1 atom stereocenters. The molecule has 0 aromatic carbocycles. The topological polar surface area (TPSA) is 54.2 Å². The Morgan fingerprint density at radius 3 is 3.33 bits per heavy atom. The van der Waals surface area contributed by atoms with Crippen LogP contribution in [0.2, 0.25) is 0 Å². The molecule has 6 heteroatoms. The molecule has 2 aromatic heterocycles. The standard InChI is InChI=1S/C12H16N4OS/c1-9-6-16(4-3-13-9)7-11-14-12(15-17-11)10-2-5-18-8-10/h2,5,8-9,13H,3-4,6-7H2,1H3/t9-/m1/s1. The van der Waals surface area contributed by atoms with Crippen molar-refractivity contribution < 1.29 is 4.52 Å². The molecule has 3 heterocycles. The van der Waals surface area contributed by atoms with Crippen LogP contribution in [0.1, 0.15) is 12.8 Å². The van der Waals surface area contributed by atoms with Crippen LogP contribution >= 0.6 is 11.3 Å². The fourth-order valence-corrected chi connectivity index (χ4v) is 2.81. The van der Waals surface area contributed by atoms with Crippen molar-refractivity contribution in [1.29, 1.82) is 0 Å². The van der Waals surface area contributed by atoms with Gasteiger partial charge in [0.05, 0.1) is 6.54 Å².